The van der Waals surface area contributed by atoms with E-state index in [4.69, 9.17) is 5.73 Å². The minimum atomic E-state index is -0.746. The number of hydrogen-bond acceptors (Lipinski definition) is 3. The van der Waals surface area contributed by atoms with Crippen LogP contribution in [0, 0.1) is 11.6 Å². The number of thioether (sulfide) groups is 1. The number of nitrogens with one attached hydrogen (secondary N) is 1. The van der Waals surface area contributed by atoms with Gasteiger partial charge in [0.1, 0.15) is 11.6 Å². The van der Waals surface area contributed by atoms with Crippen molar-refractivity contribution in [2.75, 3.05) is 11.5 Å². The number of rotatable bonds is 4. The molecule has 1 amide bonds. The lowest BCUT2D eigenvalue weighted by molar-refractivity contribution is -0.119. The fourth-order valence-corrected chi connectivity index (χ4v) is 1.97. The first-order valence-corrected chi connectivity index (χ1v) is 6.05. The molecule has 0 unspecified atom stereocenters. The second kappa shape index (κ2) is 5.86. The third kappa shape index (κ3) is 4.22. The molecule has 0 aliphatic rings. The third-order valence-electron chi connectivity index (χ3n) is 1.82. The topological polar surface area (TPSA) is 55.1 Å². The quantitative estimate of drug-likeness (QED) is 0.644. The van der Waals surface area contributed by atoms with E-state index in [2.05, 4.69) is 5.32 Å². The largest absolute Gasteiger partial charge is 0.399 e. The van der Waals surface area contributed by atoms with Crippen LogP contribution in [-0.4, -0.2) is 17.7 Å². The van der Waals surface area contributed by atoms with Gasteiger partial charge >= 0.3 is 0 Å². The minimum absolute atomic E-state index is 0.00390. The Kier molecular flexibility index (Phi) is 4.74. The molecule has 0 fully saturated rings. The molecule has 94 valence electrons. The monoisotopic (exact) mass is 260 g/mol. The van der Waals surface area contributed by atoms with E-state index >= 15 is 0 Å². The highest BCUT2D eigenvalue weighted by molar-refractivity contribution is 8.00. The highest BCUT2D eigenvalue weighted by Gasteiger charge is 2.13. The van der Waals surface area contributed by atoms with E-state index in [0.717, 1.165) is 23.9 Å². The van der Waals surface area contributed by atoms with Gasteiger partial charge < -0.3 is 11.1 Å². The van der Waals surface area contributed by atoms with Gasteiger partial charge in [0.2, 0.25) is 5.91 Å². The van der Waals surface area contributed by atoms with Gasteiger partial charge in [0.05, 0.1) is 10.6 Å². The van der Waals surface area contributed by atoms with Crippen LogP contribution in [0.25, 0.3) is 0 Å². The number of halogens is 2. The van der Waals surface area contributed by atoms with Crippen LogP contribution in [-0.2, 0) is 4.79 Å². The van der Waals surface area contributed by atoms with Gasteiger partial charge in [0.15, 0.2) is 0 Å². The number of nitrogens with two attached hydrogens (primary N) is 1. The Morgan fingerprint density at radius 1 is 1.41 bits per heavy atom. The average Bonchev–Trinajstić information content (AvgIpc) is 2.14. The lowest BCUT2D eigenvalue weighted by atomic mass is 10.3. The van der Waals surface area contributed by atoms with Gasteiger partial charge in [-0.25, -0.2) is 8.78 Å². The van der Waals surface area contributed by atoms with Crippen LogP contribution in [0.2, 0.25) is 0 Å². The molecule has 1 aromatic rings. The smallest absolute Gasteiger partial charge is 0.230 e. The lowest BCUT2D eigenvalue weighted by Crippen LogP contribution is -2.31. The van der Waals surface area contributed by atoms with Crippen molar-refractivity contribution in [2.24, 2.45) is 0 Å². The van der Waals surface area contributed by atoms with Crippen molar-refractivity contribution in [1.29, 1.82) is 0 Å². The third-order valence-corrected chi connectivity index (χ3v) is 2.90. The molecule has 0 saturated carbocycles. The predicted octanol–water partition coefficient (Wildman–Crippen LogP) is 2.16. The van der Waals surface area contributed by atoms with Crippen molar-refractivity contribution in [3.05, 3.63) is 23.8 Å². The standard InChI is InChI=1S/C11H14F2N2OS/c1-6(2)15-10(16)5-17-11-8(12)3-7(14)4-9(11)13/h3-4,6H,5,14H2,1-2H3,(H,15,16). The Bertz CT molecular complexity index is 401. The van der Waals surface area contributed by atoms with Gasteiger partial charge in [0.25, 0.3) is 0 Å². The maximum atomic E-state index is 13.4. The number of nitrogen functional groups attached to an aromatic ring is 1. The molecule has 0 bridgehead atoms. The number of benzene rings is 1. The maximum Gasteiger partial charge on any atom is 0.230 e. The van der Waals surface area contributed by atoms with E-state index < -0.39 is 11.6 Å². The zero-order chi connectivity index (χ0) is 13.0. The van der Waals surface area contributed by atoms with Gasteiger partial charge in [-0.15, -0.1) is 11.8 Å². The van der Waals surface area contributed by atoms with Crippen molar-refractivity contribution in [1.82, 2.24) is 5.32 Å². The van der Waals surface area contributed by atoms with Crippen molar-refractivity contribution in [3.8, 4) is 0 Å². The van der Waals surface area contributed by atoms with E-state index in [0.29, 0.717) is 0 Å². The first kappa shape index (κ1) is 13.8. The Morgan fingerprint density at radius 2 is 1.94 bits per heavy atom. The number of carbonyl (C=O) groups excluding carboxylic acids is 1. The summed E-state index contributed by atoms with van der Waals surface area (Å²) in [5, 5.41) is 2.63. The molecule has 3 N–H and O–H groups in total. The predicted molar refractivity (Wildman–Crippen MR) is 64.8 cm³/mol. The summed E-state index contributed by atoms with van der Waals surface area (Å²) in [7, 11) is 0. The van der Waals surface area contributed by atoms with Gasteiger partial charge in [-0.05, 0) is 26.0 Å². The molecule has 17 heavy (non-hydrogen) atoms. The van der Waals surface area contributed by atoms with Crippen LogP contribution >= 0.6 is 11.8 Å². The zero-order valence-electron chi connectivity index (χ0n) is 9.59. The van der Waals surface area contributed by atoms with Crippen LogP contribution in [0.3, 0.4) is 0 Å². The molecule has 0 aliphatic carbocycles. The number of carbonyl (C=O) groups is 1. The molecule has 0 saturated heterocycles. The van der Waals surface area contributed by atoms with Crippen molar-refractivity contribution < 1.29 is 13.6 Å². The summed E-state index contributed by atoms with van der Waals surface area (Å²) in [6, 6.07) is 2.07. The highest BCUT2D eigenvalue weighted by atomic mass is 32.2. The normalized spacial score (nSPS) is 10.6. The summed E-state index contributed by atoms with van der Waals surface area (Å²) in [4.78, 5) is 11.1. The summed E-state index contributed by atoms with van der Waals surface area (Å²) in [6.07, 6.45) is 0. The molecule has 0 aromatic heterocycles. The van der Waals surface area contributed by atoms with Crippen molar-refractivity contribution >= 4 is 23.4 Å². The summed E-state index contributed by atoms with van der Waals surface area (Å²) in [5.74, 6) is -1.79. The lowest BCUT2D eigenvalue weighted by Gasteiger charge is -2.09. The van der Waals surface area contributed by atoms with Gasteiger partial charge in [0, 0.05) is 11.7 Å². The fraction of sp³-hybridized carbons (Fsp3) is 0.364. The summed E-state index contributed by atoms with van der Waals surface area (Å²) in [5.41, 5.74) is 5.31. The molecule has 1 aromatic carbocycles. The molecular weight excluding hydrogens is 246 g/mol. The first-order valence-electron chi connectivity index (χ1n) is 5.07. The molecule has 0 atom stereocenters. The zero-order valence-corrected chi connectivity index (χ0v) is 10.4. The van der Waals surface area contributed by atoms with Crippen LogP contribution in [0.5, 0.6) is 0 Å². The Hall–Kier alpha value is -1.30. The highest BCUT2D eigenvalue weighted by Crippen LogP contribution is 2.26. The molecule has 0 spiro atoms. The van der Waals surface area contributed by atoms with Gasteiger partial charge in [-0.1, -0.05) is 0 Å². The Balaban J connectivity index is 2.67. The van der Waals surface area contributed by atoms with E-state index in [1.165, 1.54) is 0 Å². The van der Waals surface area contributed by atoms with Crippen LogP contribution < -0.4 is 11.1 Å². The summed E-state index contributed by atoms with van der Waals surface area (Å²) < 4.78 is 26.7. The molecule has 6 heteroatoms. The number of amides is 1. The number of hydrogen-bond donors (Lipinski definition) is 2. The molecule has 0 aliphatic heterocycles. The second-order valence-corrected chi connectivity index (χ2v) is 4.81. The number of anilines is 1. The Morgan fingerprint density at radius 3 is 2.41 bits per heavy atom. The van der Waals surface area contributed by atoms with Gasteiger partial charge in [-0.3, -0.25) is 4.79 Å². The van der Waals surface area contributed by atoms with E-state index in [1.54, 1.807) is 0 Å². The van der Waals surface area contributed by atoms with Crippen molar-refractivity contribution in [3.63, 3.8) is 0 Å². The second-order valence-electron chi connectivity index (χ2n) is 3.82. The minimum Gasteiger partial charge on any atom is -0.399 e. The Labute approximate surface area is 103 Å². The maximum absolute atomic E-state index is 13.4. The molecule has 3 nitrogen and oxygen atoms in total. The molecular formula is C11H14F2N2OS. The summed E-state index contributed by atoms with van der Waals surface area (Å²) in [6.45, 7) is 3.62. The molecule has 0 radical (unpaired) electrons. The van der Waals surface area contributed by atoms with Crippen LogP contribution in [0.15, 0.2) is 17.0 Å². The average molecular weight is 260 g/mol. The SMILES string of the molecule is CC(C)NC(=O)CSc1c(F)cc(N)cc1F. The summed E-state index contributed by atoms with van der Waals surface area (Å²) >= 11 is 0.815. The molecule has 1 rings (SSSR count). The molecule has 0 heterocycles. The van der Waals surface area contributed by atoms with Crippen molar-refractivity contribution in [2.45, 2.75) is 24.8 Å². The van der Waals surface area contributed by atoms with Crippen LogP contribution in [0.4, 0.5) is 14.5 Å². The van der Waals surface area contributed by atoms with Gasteiger partial charge in [-0.2, -0.15) is 0 Å². The first-order chi connectivity index (χ1) is 7.90. The van der Waals surface area contributed by atoms with E-state index in [1.807, 2.05) is 13.8 Å². The van der Waals surface area contributed by atoms with Crippen LogP contribution in [0.1, 0.15) is 13.8 Å². The van der Waals surface area contributed by atoms with E-state index in [-0.39, 0.29) is 28.3 Å². The van der Waals surface area contributed by atoms with E-state index in [9.17, 15) is 13.6 Å². The fourth-order valence-electron chi connectivity index (χ4n) is 1.22.